The van der Waals surface area contributed by atoms with Gasteiger partial charge in [-0.1, -0.05) is 0 Å². The van der Waals surface area contributed by atoms with Crippen molar-refractivity contribution in [1.82, 2.24) is 20.1 Å². The van der Waals surface area contributed by atoms with Crippen LogP contribution in [0, 0.1) is 0 Å². The third-order valence-corrected chi connectivity index (χ3v) is 3.28. The van der Waals surface area contributed by atoms with Crippen molar-refractivity contribution in [1.29, 1.82) is 0 Å². The van der Waals surface area contributed by atoms with Gasteiger partial charge >= 0.3 is 0 Å². The molecule has 2 aromatic rings. The molecule has 0 spiro atoms. The number of nitrogens with one attached hydrogen (secondary N) is 2. The van der Waals surface area contributed by atoms with Crippen LogP contribution in [0.1, 0.15) is 6.42 Å². The van der Waals surface area contributed by atoms with E-state index in [4.69, 9.17) is 0 Å². The van der Waals surface area contributed by atoms with E-state index in [1.54, 1.807) is 6.20 Å². The molecule has 1 heterocycles. The Bertz CT molecular complexity index is 596. The van der Waals surface area contributed by atoms with Crippen molar-refractivity contribution in [2.45, 2.75) is 6.42 Å². The Balaban J connectivity index is 1.91. The second-order valence-corrected chi connectivity index (χ2v) is 5.82. The molecule has 0 fully saturated rings. The Hall–Kier alpha value is -2.41. The highest BCUT2D eigenvalue weighted by molar-refractivity contribution is 5.60. The fourth-order valence-corrected chi connectivity index (χ4v) is 2.02. The van der Waals surface area contributed by atoms with E-state index in [1.165, 1.54) is 0 Å². The maximum atomic E-state index is 4.42. The van der Waals surface area contributed by atoms with E-state index in [9.17, 15) is 0 Å². The lowest BCUT2D eigenvalue weighted by molar-refractivity contribution is 0.405. The summed E-state index contributed by atoms with van der Waals surface area (Å²) in [4.78, 5) is 8.63. The molecule has 0 bridgehead atoms. The zero-order valence-corrected chi connectivity index (χ0v) is 14.2. The molecule has 7 nitrogen and oxygen atoms in total. The van der Waals surface area contributed by atoms with Crippen LogP contribution in [0.4, 0.5) is 23.1 Å². The first-order valence-corrected chi connectivity index (χ1v) is 7.67. The Labute approximate surface area is 137 Å². The van der Waals surface area contributed by atoms with Crippen LogP contribution in [-0.2, 0) is 0 Å². The molecule has 0 atom stereocenters. The number of nitrogens with zero attached hydrogens (tertiary/aromatic N) is 5. The molecule has 0 radical (unpaired) electrons. The van der Waals surface area contributed by atoms with E-state index < -0.39 is 0 Å². The monoisotopic (exact) mass is 315 g/mol. The normalized spacial score (nSPS) is 10.7. The minimum Gasteiger partial charge on any atom is -0.378 e. The smallest absolute Gasteiger partial charge is 0.244 e. The molecule has 23 heavy (non-hydrogen) atoms. The maximum absolute atomic E-state index is 4.42. The summed E-state index contributed by atoms with van der Waals surface area (Å²) in [6, 6.07) is 8.14. The molecular formula is C16H25N7. The van der Waals surface area contributed by atoms with Gasteiger partial charge in [0.1, 0.15) is 0 Å². The van der Waals surface area contributed by atoms with Crippen LogP contribution >= 0.6 is 0 Å². The van der Waals surface area contributed by atoms with Crippen molar-refractivity contribution in [3.05, 3.63) is 30.5 Å². The molecule has 2 rings (SSSR count). The largest absolute Gasteiger partial charge is 0.378 e. The minimum absolute atomic E-state index is 0.540. The molecular weight excluding hydrogens is 290 g/mol. The van der Waals surface area contributed by atoms with Crippen molar-refractivity contribution in [3.8, 4) is 0 Å². The zero-order valence-electron chi connectivity index (χ0n) is 14.2. The highest BCUT2D eigenvalue weighted by atomic mass is 15.3. The van der Waals surface area contributed by atoms with Gasteiger partial charge in [-0.05, 0) is 51.3 Å². The molecule has 7 heteroatoms. The first kappa shape index (κ1) is 17.0. The molecule has 124 valence electrons. The molecule has 1 aromatic heterocycles. The van der Waals surface area contributed by atoms with Crippen LogP contribution in [0.25, 0.3) is 0 Å². The Morgan fingerprint density at radius 1 is 1.04 bits per heavy atom. The quantitative estimate of drug-likeness (QED) is 0.722. The summed E-state index contributed by atoms with van der Waals surface area (Å²) in [7, 11) is 8.16. The van der Waals surface area contributed by atoms with Gasteiger partial charge in [0.25, 0.3) is 0 Å². The van der Waals surface area contributed by atoms with Gasteiger partial charge in [0.05, 0.1) is 6.20 Å². The molecule has 0 aliphatic heterocycles. The summed E-state index contributed by atoms with van der Waals surface area (Å²) >= 11 is 0. The molecule has 0 amide bonds. The van der Waals surface area contributed by atoms with Gasteiger partial charge in [-0.2, -0.15) is 10.1 Å². The molecule has 0 aliphatic rings. The van der Waals surface area contributed by atoms with E-state index >= 15 is 0 Å². The summed E-state index contributed by atoms with van der Waals surface area (Å²) in [6.07, 6.45) is 2.64. The number of hydrogen-bond acceptors (Lipinski definition) is 7. The van der Waals surface area contributed by atoms with E-state index in [2.05, 4.69) is 61.8 Å². The minimum atomic E-state index is 0.540. The van der Waals surface area contributed by atoms with E-state index in [-0.39, 0.29) is 0 Å². The van der Waals surface area contributed by atoms with Crippen LogP contribution in [-0.4, -0.2) is 61.4 Å². The molecule has 1 aromatic carbocycles. The lowest BCUT2D eigenvalue weighted by atomic mass is 10.2. The van der Waals surface area contributed by atoms with Gasteiger partial charge in [0.15, 0.2) is 5.82 Å². The molecule has 0 saturated heterocycles. The maximum Gasteiger partial charge on any atom is 0.244 e. The Kier molecular flexibility index (Phi) is 6.10. The lowest BCUT2D eigenvalue weighted by Gasteiger charge is -2.13. The van der Waals surface area contributed by atoms with Gasteiger partial charge in [-0.25, -0.2) is 0 Å². The standard InChI is InChI=1S/C16H25N7/c1-22(2)11-5-10-17-16-20-15(12-18-21-16)19-13-6-8-14(9-7-13)23(3)4/h6-9,12H,5,10-11H2,1-4H3,(H2,17,19,20,21). The highest BCUT2D eigenvalue weighted by Crippen LogP contribution is 2.18. The summed E-state index contributed by atoms with van der Waals surface area (Å²) in [5.74, 6) is 1.21. The number of aromatic nitrogens is 3. The molecule has 0 unspecified atom stereocenters. The van der Waals surface area contributed by atoms with Crippen molar-refractivity contribution in [2.75, 3.05) is 56.8 Å². The summed E-state index contributed by atoms with van der Waals surface area (Å²) in [6.45, 7) is 1.84. The number of rotatable bonds is 8. The third kappa shape index (κ3) is 5.71. The Morgan fingerprint density at radius 2 is 1.78 bits per heavy atom. The summed E-state index contributed by atoms with van der Waals surface area (Å²) in [5.41, 5.74) is 2.12. The van der Waals surface area contributed by atoms with Crippen molar-refractivity contribution < 1.29 is 0 Å². The van der Waals surface area contributed by atoms with Gasteiger partial charge in [-0.15, -0.1) is 5.10 Å². The first-order valence-electron chi connectivity index (χ1n) is 7.67. The molecule has 0 saturated carbocycles. The average molecular weight is 315 g/mol. The summed E-state index contributed by atoms with van der Waals surface area (Å²) in [5, 5.41) is 14.4. The fraction of sp³-hybridized carbons (Fsp3) is 0.438. The van der Waals surface area contributed by atoms with Crippen LogP contribution in [0.15, 0.2) is 30.5 Å². The SMILES string of the molecule is CN(C)CCCNc1nncc(Nc2ccc(N(C)C)cc2)n1. The van der Waals surface area contributed by atoms with Gasteiger partial charge in [0.2, 0.25) is 5.95 Å². The highest BCUT2D eigenvalue weighted by Gasteiger charge is 2.02. The predicted octanol–water partition coefficient (Wildman–Crippen LogP) is 2.04. The first-order chi connectivity index (χ1) is 11.0. The van der Waals surface area contributed by atoms with Crippen LogP contribution in [0.2, 0.25) is 0 Å². The Morgan fingerprint density at radius 3 is 2.43 bits per heavy atom. The lowest BCUT2D eigenvalue weighted by Crippen LogP contribution is -2.17. The third-order valence-electron chi connectivity index (χ3n) is 3.28. The van der Waals surface area contributed by atoms with Crippen LogP contribution in [0.5, 0.6) is 0 Å². The fourth-order valence-electron chi connectivity index (χ4n) is 2.02. The molecule has 2 N–H and O–H groups in total. The number of anilines is 4. The van der Waals surface area contributed by atoms with Gasteiger partial charge < -0.3 is 20.4 Å². The predicted molar refractivity (Wildman–Crippen MR) is 95.5 cm³/mol. The van der Waals surface area contributed by atoms with Crippen LogP contribution in [0.3, 0.4) is 0 Å². The van der Waals surface area contributed by atoms with Crippen molar-refractivity contribution in [2.24, 2.45) is 0 Å². The van der Waals surface area contributed by atoms with Gasteiger partial charge in [0, 0.05) is 32.0 Å². The topological polar surface area (TPSA) is 69.2 Å². The second kappa shape index (κ2) is 8.28. The second-order valence-electron chi connectivity index (χ2n) is 5.82. The van der Waals surface area contributed by atoms with Crippen LogP contribution < -0.4 is 15.5 Å². The van der Waals surface area contributed by atoms with Crippen molar-refractivity contribution in [3.63, 3.8) is 0 Å². The zero-order chi connectivity index (χ0) is 16.7. The average Bonchev–Trinajstić information content (AvgIpc) is 2.52. The van der Waals surface area contributed by atoms with Crippen molar-refractivity contribution >= 4 is 23.1 Å². The number of hydrogen-bond donors (Lipinski definition) is 2. The van der Waals surface area contributed by atoms with E-state index in [1.807, 2.05) is 26.2 Å². The number of benzene rings is 1. The summed E-state index contributed by atoms with van der Waals surface area (Å²) < 4.78 is 0. The van der Waals surface area contributed by atoms with E-state index in [0.29, 0.717) is 11.8 Å². The van der Waals surface area contributed by atoms with Gasteiger partial charge in [-0.3, -0.25) is 0 Å². The van der Waals surface area contributed by atoms with E-state index in [0.717, 1.165) is 30.9 Å². The molecule has 0 aliphatic carbocycles.